The molecule has 0 saturated heterocycles. The molecule has 0 aliphatic heterocycles. The van der Waals surface area contributed by atoms with Crippen molar-refractivity contribution in [2.45, 2.75) is 11.4 Å². The first kappa shape index (κ1) is 14.0. The molecule has 0 amide bonds. The summed E-state index contributed by atoms with van der Waals surface area (Å²) >= 11 is 3.22. The molecule has 102 valence electrons. The molecule has 0 aliphatic rings. The van der Waals surface area contributed by atoms with Crippen LogP contribution in [0, 0.1) is 0 Å². The van der Waals surface area contributed by atoms with Crippen LogP contribution in [0.5, 0.6) is 0 Å². The Hall–Kier alpha value is -1.45. The van der Waals surface area contributed by atoms with Gasteiger partial charge in [0, 0.05) is 18.9 Å². The summed E-state index contributed by atoms with van der Waals surface area (Å²) in [5.41, 5.74) is 5.38. The zero-order chi connectivity index (χ0) is 13.9. The van der Waals surface area contributed by atoms with Crippen LogP contribution in [0.3, 0.4) is 0 Å². The first-order valence-corrected chi connectivity index (χ1v) is 7.66. The van der Waals surface area contributed by atoms with E-state index in [1.165, 1.54) is 23.3 Å². The SMILES string of the molecule is NCCn1cc(S(=O)(=O)Nc2ncccc2Br)cn1. The predicted octanol–water partition coefficient (Wildman–Crippen LogP) is 0.800. The summed E-state index contributed by atoms with van der Waals surface area (Å²) < 4.78 is 28.7. The quantitative estimate of drug-likeness (QED) is 0.834. The molecule has 0 aromatic carbocycles. The van der Waals surface area contributed by atoms with Gasteiger partial charge in [0.2, 0.25) is 0 Å². The van der Waals surface area contributed by atoms with Gasteiger partial charge in [-0.25, -0.2) is 13.4 Å². The topological polar surface area (TPSA) is 103 Å². The maximum atomic E-state index is 12.1. The summed E-state index contributed by atoms with van der Waals surface area (Å²) in [5, 5.41) is 3.92. The van der Waals surface area contributed by atoms with Crippen molar-refractivity contribution in [3.05, 3.63) is 35.2 Å². The number of hydrogen-bond acceptors (Lipinski definition) is 5. The lowest BCUT2D eigenvalue weighted by Crippen LogP contribution is -2.14. The molecule has 0 radical (unpaired) electrons. The number of nitrogens with two attached hydrogens (primary N) is 1. The minimum absolute atomic E-state index is 0.0681. The molecule has 2 rings (SSSR count). The first-order valence-electron chi connectivity index (χ1n) is 5.39. The third kappa shape index (κ3) is 3.31. The Morgan fingerprint density at radius 3 is 2.95 bits per heavy atom. The van der Waals surface area contributed by atoms with E-state index in [1.54, 1.807) is 12.1 Å². The van der Waals surface area contributed by atoms with Crippen LogP contribution < -0.4 is 10.5 Å². The van der Waals surface area contributed by atoms with Crippen LogP contribution in [-0.4, -0.2) is 29.7 Å². The van der Waals surface area contributed by atoms with Crippen LogP contribution in [0.4, 0.5) is 5.82 Å². The third-order valence-electron chi connectivity index (χ3n) is 2.27. The molecule has 0 unspecified atom stereocenters. The normalized spacial score (nSPS) is 11.5. The summed E-state index contributed by atoms with van der Waals surface area (Å²) in [6.45, 7) is 0.850. The van der Waals surface area contributed by atoms with Gasteiger partial charge in [-0.3, -0.25) is 9.40 Å². The lowest BCUT2D eigenvalue weighted by molar-refractivity contribution is 0.599. The fraction of sp³-hybridized carbons (Fsp3) is 0.200. The highest BCUT2D eigenvalue weighted by molar-refractivity contribution is 9.10. The fourth-order valence-corrected chi connectivity index (χ4v) is 2.85. The molecule has 2 aromatic rings. The van der Waals surface area contributed by atoms with E-state index >= 15 is 0 Å². The van der Waals surface area contributed by atoms with Gasteiger partial charge in [-0.1, -0.05) is 0 Å². The van der Waals surface area contributed by atoms with Gasteiger partial charge < -0.3 is 5.73 Å². The average molecular weight is 346 g/mol. The van der Waals surface area contributed by atoms with E-state index in [4.69, 9.17) is 5.73 Å². The van der Waals surface area contributed by atoms with Gasteiger partial charge in [0.05, 0.1) is 17.2 Å². The van der Waals surface area contributed by atoms with E-state index in [0.29, 0.717) is 17.6 Å². The van der Waals surface area contributed by atoms with E-state index in [1.807, 2.05) is 0 Å². The highest BCUT2D eigenvalue weighted by Crippen LogP contribution is 2.21. The van der Waals surface area contributed by atoms with Crippen molar-refractivity contribution in [3.63, 3.8) is 0 Å². The number of sulfonamides is 1. The van der Waals surface area contributed by atoms with E-state index in [-0.39, 0.29) is 10.7 Å². The number of aromatic nitrogens is 3. The standard InChI is InChI=1S/C10H12BrN5O2S/c11-9-2-1-4-13-10(9)15-19(17,18)8-6-14-16(7-8)5-3-12/h1-2,4,6-7H,3,5,12H2,(H,13,15). The summed E-state index contributed by atoms with van der Waals surface area (Å²) in [6, 6.07) is 3.39. The summed E-state index contributed by atoms with van der Waals surface area (Å²) in [4.78, 5) is 4.02. The van der Waals surface area contributed by atoms with Crippen LogP contribution in [0.25, 0.3) is 0 Å². The maximum absolute atomic E-state index is 12.1. The number of rotatable bonds is 5. The van der Waals surface area contributed by atoms with Crippen molar-refractivity contribution in [3.8, 4) is 0 Å². The second-order valence-corrected chi connectivity index (χ2v) is 6.20. The van der Waals surface area contributed by atoms with Crippen LogP contribution in [0.2, 0.25) is 0 Å². The largest absolute Gasteiger partial charge is 0.329 e. The molecule has 0 fully saturated rings. The highest BCUT2D eigenvalue weighted by Gasteiger charge is 2.18. The predicted molar refractivity (Wildman–Crippen MR) is 74.0 cm³/mol. The Labute approximate surface area is 119 Å². The number of nitrogens with one attached hydrogen (secondary N) is 1. The zero-order valence-corrected chi connectivity index (χ0v) is 12.2. The number of halogens is 1. The number of hydrogen-bond donors (Lipinski definition) is 2. The average Bonchev–Trinajstić information content (AvgIpc) is 2.82. The van der Waals surface area contributed by atoms with Gasteiger partial charge in [-0.05, 0) is 28.1 Å². The number of pyridine rings is 1. The molecule has 0 bridgehead atoms. The number of anilines is 1. The molecule has 9 heteroatoms. The fourth-order valence-electron chi connectivity index (χ4n) is 1.38. The monoisotopic (exact) mass is 345 g/mol. The van der Waals surface area contributed by atoms with Gasteiger partial charge in [-0.15, -0.1) is 0 Å². The van der Waals surface area contributed by atoms with Crippen molar-refractivity contribution < 1.29 is 8.42 Å². The second-order valence-electron chi connectivity index (χ2n) is 3.67. The van der Waals surface area contributed by atoms with Gasteiger partial charge in [0.1, 0.15) is 4.90 Å². The Morgan fingerprint density at radius 1 is 1.47 bits per heavy atom. The van der Waals surface area contributed by atoms with E-state index < -0.39 is 10.0 Å². The Morgan fingerprint density at radius 2 is 2.26 bits per heavy atom. The lowest BCUT2D eigenvalue weighted by Gasteiger charge is -2.06. The molecule has 2 aromatic heterocycles. The molecule has 19 heavy (non-hydrogen) atoms. The lowest BCUT2D eigenvalue weighted by atomic mass is 10.5. The van der Waals surface area contributed by atoms with Crippen molar-refractivity contribution >= 4 is 31.8 Å². The van der Waals surface area contributed by atoms with Crippen LogP contribution in [-0.2, 0) is 16.6 Å². The molecular weight excluding hydrogens is 334 g/mol. The molecule has 2 heterocycles. The van der Waals surface area contributed by atoms with Gasteiger partial charge in [-0.2, -0.15) is 5.10 Å². The van der Waals surface area contributed by atoms with Crippen LogP contribution >= 0.6 is 15.9 Å². The van der Waals surface area contributed by atoms with Crippen LogP contribution in [0.1, 0.15) is 0 Å². The maximum Gasteiger partial charge on any atom is 0.266 e. The number of nitrogens with zero attached hydrogens (tertiary/aromatic N) is 3. The first-order chi connectivity index (χ1) is 9.03. The minimum Gasteiger partial charge on any atom is -0.329 e. The molecule has 0 spiro atoms. The van der Waals surface area contributed by atoms with Crippen molar-refractivity contribution in [2.75, 3.05) is 11.3 Å². The Bertz CT molecular complexity index is 670. The molecule has 0 saturated carbocycles. The van der Waals surface area contributed by atoms with Crippen molar-refractivity contribution in [1.82, 2.24) is 14.8 Å². The second kappa shape index (κ2) is 5.68. The Kier molecular flexibility index (Phi) is 4.17. The van der Waals surface area contributed by atoms with Crippen molar-refractivity contribution in [2.24, 2.45) is 5.73 Å². The van der Waals surface area contributed by atoms with E-state index in [0.717, 1.165) is 0 Å². The molecular formula is C10H12BrN5O2S. The smallest absolute Gasteiger partial charge is 0.266 e. The molecule has 3 N–H and O–H groups in total. The molecule has 0 atom stereocenters. The van der Waals surface area contributed by atoms with Crippen LogP contribution in [0.15, 0.2) is 40.1 Å². The van der Waals surface area contributed by atoms with E-state index in [2.05, 4.69) is 30.7 Å². The van der Waals surface area contributed by atoms with Gasteiger partial charge >= 0.3 is 0 Å². The van der Waals surface area contributed by atoms with Gasteiger partial charge in [0.25, 0.3) is 10.0 Å². The Balaban J connectivity index is 2.25. The van der Waals surface area contributed by atoms with Gasteiger partial charge in [0.15, 0.2) is 5.82 Å². The summed E-state index contributed by atoms with van der Waals surface area (Å²) in [6.07, 6.45) is 4.20. The zero-order valence-electron chi connectivity index (χ0n) is 9.82. The minimum atomic E-state index is -3.70. The molecule has 0 aliphatic carbocycles. The third-order valence-corrected chi connectivity index (χ3v) is 4.20. The highest BCUT2D eigenvalue weighted by atomic mass is 79.9. The molecule has 7 nitrogen and oxygen atoms in total. The van der Waals surface area contributed by atoms with E-state index in [9.17, 15) is 8.42 Å². The summed E-state index contributed by atoms with van der Waals surface area (Å²) in [7, 11) is -3.70. The summed E-state index contributed by atoms with van der Waals surface area (Å²) in [5.74, 6) is 0.231. The van der Waals surface area contributed by atoms with Crippen molar-refractivity contribution in [1.29, 1.82) is 0 Å².